The monoisotopic (exact) mass is 278 g/mol. The Kier molecular flexibility index (Phi) is 3.91. The van der Waals surface area contributed by atoms with Crippen LogP contribution in [0.1, 0.15) is 68.1 Å². The van der Waals surface area contributed by atoms with Gasteiger partial charge in [0.1, 0.15) is 11.5 Å². The quantitative estimate of drug-likeness (QED) is 0.887. The summed E-state index contributed by atoms with van der Waals surface area (Å²) in [5.41, 5.74) is 1.02. The summed E-state index contributed by atoms with van der Waals surface area (Å²) in [5, 5.41) is 10.7. The number of furan rings is 1. The number of ether oxygens (including phenoxy) is 1. The fourth-order valence-electron chi connectivity index (χ4n) is 4.08. The third kappa shape index (κ3) is 2.66. The van der Waals surface area contributed by atoms with Crippen molar-refractivity contribution in [1.82, 2.24) is 0 Å². The molecule has 2 fully saturated rings. The van der Waals surface area contributed by atoms with Crippen molar-refractivity contribution in [1.29, 1.82) is 0 Å². The lowest BCUT2D eigenvalue weighted by molar-refractivity contribution is -0.134. The highest BCUT2D eigenvalue weighted by molar-refractivity contribution is 5.23. The third-order valence-electron chi connectivity index (χ3n) is 5.14. The number of aliphatic hydroxyl groups is 1. The van der Waals surface area contributed by atoms with E-state index in [2.05, 4.69) is 0 Å². The molecule has 2 atom stereocenters. The molecule has 0 bridgehead atoms. The van der Waals surface area contributed by atoms with Crippen LogP contribution in [0.15, 0.2) is 10.5 Å². The minimum Gasteiger partial charge on any atom is -0.466 e. The molecule has 0 aromatic carbocycles. The van der Waals surface area contributed by atoms with Gasteiger partial charge in [-0.15, -0.1) is 0 Å². The molecule has 1 aromatic rings. The van der Waals surface area contributed by atoms with E-state index < -0.39 is 6.10 Å². The van der Waals surface area contributed by atoms with Crippen LogP contribution in [0.4, 0.5) is 0 Å². The van der Waals surface area contributed by atoms with Crippen molar-refractivity contribution < 1.29 is 14.3 Å². The van der Waals surface area contributed by atoms with E-state index >= 15 is 0 Å². The zero-order valence-electron chi connectivity index (χ0n) is 12.7. The summed E-state index contributed by atoms with van der Waals surface area (Å²) >= 11 is 0. The van der Waals surface area contributed by atoms with Gasteiger partial charge in [0.25, 0.3) is 0 Å². The number of aliphatic hydroxyl groups excluding tert-OH is 1. The Labute approximate surface area is 121 Å². The van der Waals surface area contributed by atoms with E-state index in [4.69, 9.17) is 9.15 Å². The average Bonchev–Trinajstić information content (AvgIpc) is 2.78. The third-order valence-corrected chi connectivity index (χ3v) is 5.14. The van der Waals surface area contributed by atoms with Crippen molar-refractivity contribution in [2.45, 2.75) is 70.5 Å². The van der Waals surface area contributed by atoms with Gasteiger partial charge in [-0.3, -0.25) is 0 Å². The number of rotatable bonds is 2. The molecular formula is C17H26O3. The van der Waals surface area contributed by atoms with Gasteiger partial charge in [0.05, 0.1) is 11.7 Å². The fourth-order valence-corrected chi connectivity index (χ4v) is 4.08. The van der Waals surface area contributed by atoms with Crippen molar-refractivity contribution in [3.8, 4) is 0 Å². The zero-order valence-corrected chi connectivity index (χ0v) is 12.7. The van der Waals surface area contributed by atoms with Crippen molar-refractivity contribution >= 4 is 0 Å². The zero-order chi connectivity index (χ0) is 14.2. The molecule has 0 radical (unpaired) electrons. The molecule has 20 heavy (non-hydrogen) atoms. The molecular weight excluding hydrogens is 252 g/mol. The second kappa shape index (κ2) is 5.53. The Bertz CT molecular complexity index is 451. The second-order valence-electron chi connectivity index (χ2n) is 6.66. The summed E-state index contributed by atoms with van der Waals surface area (Å²) in [6.45, 7) is 4.68. The molecule has 3 heteroatoms. The van der Waals surface area contributed by atoms with E-state index in [0.29, 0.717) is 5.92 Å². The number of aryl methyl sites for hydroxylation is 2. The summed E-state index contributed by atoms with van der Waals surface area (Å²) < 4.78 is 11.7. The fraction of sp³-hybridized carbons (Fsp3) is 0.765. The normalized spacial score (nSPS) is 27.6. The van der Waals surface area contributed by atoms with Crippen LogP contribution in [0, 0.1) is 19.8 Å². The first-order chi connectivity index (χ1) is 9.60. The summed E-state index contributed by atoms with van der Waals surface area (Å²) in [6.07, 6.45) is 7.75. The highest BCUT2D eigenvalue weighted by atomic mass is 16.5. The van der Waals surface area contributed by atoms with Gasteiger partial charge in [-0.05, 0) is 51.5 Å². The van der Waals surface area contributed by atoms with Crippen LogP contribution < -0.4 is 0 Å². The van der Waals surface area contributed by atoms with Gasteiger partial charge < -0.3 is 14.3 Å². The van der Waals surface area contributed by atoms with Crippen molar-refractivity contribution in [2.75, 3.05) is 6.61 Å². The highest BCUT2D eigenvalue weighted by Gasteiger charge is 2.41. The first-order valence-corrected chi connectivity index (χ1v) is 7.99. The van der Waals surface area contributed by atoms with E-state index in [1.54, 1.807) is 0 Å². The van der Waals surface area contributed by atoms with E-state index in [9.17, 15) is 5.11 Å². The molecule has 1 aromatic heterocycles. The van der Waals surface area contributed by atoms with E-state index in [1.165, 1.54) is 32.1 Å². The second-order valence-corrected chi connectivity index (χ2v) is 6.66. The number of hydrogen-bond acceptors (Lipinski definition) is 3. The summed E-state index contributed by atoms with van der Waals surface area (Å²) in [6, 6.07) is 1.99. The van der Waals surface area contributed by atoms with Gasteiger partial charge >= 0.3 is 0 Å². The van der Waals surface area contributed by atoms with Crippen LogP contribution in [0.2, 0.25) is 0 Å². The van der Waals surface area contributed by atoms with E-state index in [-0.39, 0.29) is 5.60 Å². The predicted octanol–water partition coefficient (Wildman–Crippen LogP) is 4.06. The van der Waals surface area contributed by atoms with Gasteiger partial charge in [-0.1, -0.05) is 19.3 Å². The van der Waals surface area contributed by atoms with Gasteiger partial charge in [0, 0.05) is 12.2 Å². The largest absolute Gasteiger partial charge is 0.466 e. The van der Waals surface area contributed by atoms with Crippen LogP contribution in [-0.4, -0.2) is 17.3 Å². The maximum Gasteiger partial charge on any atom is 0.106 e. The van der Waals surface area contributed by atoms with Crippen LogP contribution in [0.3, 0.4) is 0 Å². The molecule has 2 unspecified atom stereocenters. The van der Waals surface area contributed by atoms with Gasteiger partial charge in [-0.2, -0.15) is 0 Å². The molecule has 3 rings (SSSR count). The molecule has 1 spiro atoms. The molecule has 1 N–H and O–H groups in total. The van der Waals surface area contributed by atoms with Crippen LogP contribution in [0.25, 0.3) is 0 Å². The SMILES string of the molecule is Cc1cc(C(O)C2CCOC3(CCCCC3)C2)c(C)o1. The van der Waals surface area contributed by atoms with Crippen molar-refractivity contribution in [3.05, 3.63) is 23.2 Å². The summed E-state index contributed by atoms with van der Waals surface area (Å²) in [5.74, 6) is 2.05. The minimum absolute atomic E-state index is 0.0504. The van der Waals surface area contributed by atoms with Gasteiger partial charge in [-0.25, -0.2) is 0 Å². The molecule has 1 saturated heterocycles. The number of hydrogen-bond donors (Lipinski definition) is 1. The highest BCUT2D eigenvalue weighted by Crippen LogP contribution is 2.44. The first kappa shape index (κ1) is 14.2. The Morgan fingerprint density at radius 1 is 1.25 bits per heavy atom. The van der Waals surface area contributed by atoms with Crippen LogP contribution in [0.5, 0.6) is 0 Å². The first-order valence-electron chi connectivity index (χ1n) is 7.99. The summed E-state index contributed by atoms with van der Waals surface area (Å²) in [7, 11) is 0. The maximum absolute atomic E-state index is 10.7. The van der Waals surface area contributed by atoms with E-state index in [1.807, 2.05) is 19.9 Å². The topological polar surface area (TPSA) is 42.6 Å². The molecule has 1 aliphatic carbocycles. The molecule has 1 saturated carbocycles. The summed E-state index contributed by atoms with van der Waals surface area (Å²) in [4.78, 5) is 0. The lowest BCUT2D eigenvalue weighted by atomic mass is 9.74. The maximum atomic E-state index is 10.7. The molecule has 1 aliphatic heterocycles. The molecule has 2 heterocycles. The predicted molar refractivity (Wildman–Crippen MR) is 77.6 cm³/mol. The molecule has 2 aliphatic rings. The lowest BCUT2D eigenvalue weighted by Gasteiger charge is -2.44. The van der Waals surface area contributed by atoms with Crippen LogP contribution >= 0.6 is 0 Å². The molecule has 112 valence electrons. The van der Waals surface area contributed by atoms with Gasteiger partial charge in [0.2, 0.25) is 0 Å². The van der Waals surface area contributed by atoms with Crippen molar-refractivity contribution in [2.24, 2.45) is 5.92 Å². The van der Waals surface area contributed by atoms with Crippen LogP contribution in [-0.2, 0) is 4.74 Å². The Balaban J connectivity index is 1.74. The molecule has 3 nitrogen and oxygen atoms in total. The molecule has 0 amide bonds. The average molecular weight is 278 g/mol. The Hall–Kier alpha value is -0.800. The van der Waals surface area contributed by atoms with Crippen molar-refractivity contribution in [3.63, 3.8) is 0 Å². The van der Waals surface area contributed by atoms with E-state index in [0.717, 1.165) is 36.5 Å². The Morgan fingerprint density at radius 2 is 2.00 bits per heavy atom. The minimum atomic E-state index is -0.407. The smallest absolute Gasteiger partial charge is 0.106 e. The standard InChI is InChI=1S/C17H26O3/c1-12-10-15(13(2)20-12)16(18)14-6-9-19-17(11-14)7-4-3-5-8-17/h10,14,16,18H,3-9,11H2,1-2H3. The lowest BCUT2D eigenvalue weighted by Crippen LogP contribution is -2.42. The van der Waals surface area contributed by atoms with Gasteiger partial charge in [0.15, 0.2) is 0 Å². The Morgan fingerprint density at radius 3 is 2.65 bits per heavy atom.